The standard InChI is InChI=1S/C15H17BrClN3O/c1-8-12(17)6-5-7-13(8)18-15(21)11(4)20-10(3)14(16)9(2)19-20/h5-7,11H,1-4H3,(H,18,21). The molecule has 0 fully saturated rings. The molecule has 4 nitrogen and oxygen atoms in total. The Balaban J connectivity index is 2.24. The molecule has 1 amide bonds. The highest BCUT2D eigenvalue weighted by Gasteiger charge is 2.21. The molecule has 2 aromatic rings. The van der Waals surface area contributed by atoms with Gasteiger partial charge in [-0.25, -0.2) is 0 Å². The number of nitrogens with zero attached hydrogens (tertiary/aromatic N) is 2. The third-order valence-corrected chi connectivity index (χ3v) is 5.07. The highest BCUT2D eigenvalue weighted by molar-refractivity contribution is 9.10. The van der Waals surface area contributed by atoms with Crippen LogP contribution in [0.3, 0.4) is 0 Å². The minimum Gasteiger partial charge on any atom is -0.324 e. The molecule has 0 aliphatic heterocycles. The molecular weight excluding hydrogens is 354 g/mol. The summed E-state index contributed by atoms with van der Waals surface area (Å²) in [6, 6.07) is 5.04. The summed E-state index contributed by atoms with van der Waals surface area (Å²) in [4.78, 5) is 12.4. The number of nitrogens with one attached hydrogen (secondary N) is 1. The Hall–Kier alpha value is -1.33. The summed E-state index contributed by atoms with van der Waals surface area (Å²) in [5.41, 5.74) is 3.37. The average molecular weight is 371 g/mol. The van der Waals surface area contributed by atoms with Crippen molar-refractivity contribution in [1.82, 2.24) is 9.78 Å². The van der Waals surface area contributed by atoms with Crippen molar-refractivity contribution in [2.24, 2.45) is 0 Å². The maximum absolute atomic E-state index is 12.4. The number of hydrogen-bond donors (Lipinski definition) is 1. The molecule has 0 aliphatic rings. The lowest BCUT2D eigenvalue weighted by molar-refractivity contribution is -0.119. The Morgan fingerprint density at radius 3 is 2.62 bits per heavy atom. The largest absolute Gasteiger partial charge is 0.324 e. The van der Waals surface area contributed by atoms with E-state index in [9.17, 15) is 4.79 Å². The second-order valence-electron chi connectivity index (χ2n) is 5.01. The van der Waals surface area contributed by atoms with Crippen molar-refractivity contribution in [2.75, 3.05) is 5.32 Å². The van der Waals surface area contributed by atoms with E-state index < -0.39 is 6.04 Å². The van der Waals surface area contributed by atoms with E-state index in [1.807, 2.05) is 39.8 Å². The molecule has 0 saturated heterocycles. The van der Waals surface area contributed by atoms with Crippen LogP contribution in [0.2, 0.25) is 5.02 Å². The monoisotopic (exact) mass is 369 g/mol. The van der Waals surface area contributed by atoms with Crippen LogP contribution in [0.5, 0.6) is 0 Å². The molecule has 112 valence electrons. The number of anilines is 1. The normalized spacial score (nSPS) is 12.3. The van der Waals surface area contributed by atoms with Crippen molar-refractivity contribution in [3.05, 3.63) is 44.6 Å². The zero-order chi connectivity index (χ0) is 15.7. The number of carbonyl (C=O) groups is 1. The Labute approximate surface area is 137 Å². The molecule has 2 rings (SSSR count). The molecule has 0 spiro atoms. The quantitative estimate of drug-likeness (QED) is 0.869. The molecule has 0 bridgehead atoms. The van der Waals surface area contributed by atoms with E-state index in [0.29, 0.717) is 5.02 Å². The summed E-state index contributed by atoms with van der Waals surface area (Å²) in [5, 5.41) is 7.93. The van der Waals surface area contributed by atoms with Gasteiger partial charge < -0.3 is 5.32 Å². The van der Waals surface area contributed by atoms with Crippen LogP contribution in [0.1, 0.15) is 29.9 Å². The second kappa shape index (κ2) is 6.20. The maximum atomic E-state index is 12.4. The number of benzene rings is 1. The van der Waals surface area contributed by atoms with Gasteiger partial charge in [0.05, 0.1) is 15.9 Å². The van der Waals surface area contributed by atoms with Gasteiger partial charge in [-0.15, -0.1) is 0 Å². The Morgan fingerprint density at radius 2 is 2.05 bits per heavy atom. The number of rotatable bonds is 3. The maximum Gasteiger partial charge on any atom is 0.248 e. The molecule has 1 N–H and O–H groups in total. The number of carbonyl (C=O) groups excluding carboxylic acids is 1. The van der Waals surface area contributed by atoms with E-state index in [1.54, 1.807) is 10.7 Å². The van der Waals surface area contributed by atoms with Crippen LogP contribution in [0.15, 0.2) is 22.7 Å². The zero-order valence-corrected chi connectivity index (χ0v) is 14.7. The summed E-state index contributed by atoms with van der Waals surface area (Å²) in [5.74, 6) is -0.126. The van der Waals surface area contributed by atoms with Gasteiger partial charge in [-0.2, -0.15) is 5.10 Å². The summed E-state index contributed by atoms with van der Waals surface area (Å²) in [6.45, 7) is 7.53. The van der Waals surface area contributed by atoms with Crippen molar-refractivity contribution in [3.8, 4) is 0 Å². The molecule has 1 heterocycles. The summed E-state index contributed by atoms with van der Waals surface area (Å²) in [7, 11) is 0. The number of halogens is 2. The average Bonchev–Trinajstić information content (AvgIpc) is 2.70. The van der Waals surface area contributed by atoms with Gasteiger partial charge in [-0.1, -0.05) is 17.7 Å². The SMILES string of the molecule is Cc1nn(C(C)C(=O)Nc2cccc(Cl)c2C)c(C)c1Br. The van der Waals surface area contributed by atoms with Crippen LogP contribution < -0.4 is 5.32 Å². The van der Waals surface area contributed by atoms with Crippen molar-refractivity contribution >= 4 is 39.1 Å². The van der Waals surface area contributed by atoms with Gasteiger partial charge in [0.25, 0.3) is 0 Å². The van der Waals surface area contributed by atoms with Gasteiger partial charge in [-0.3, -0.25) is 9.48 Å². The smallest absolute Gasteiger partial charge is 0.248 e. The lowest BCUT2D eigenvalue weighted by atomic mass is 10.2. The molecule has 1 aromatic heterocycles. The van der Waals surface area contributed by atoms with E-state index >= 15 is 0 Å². The third kappa shape index (κ3) is 3.14. The first-order chi connectivity index (χ1) is 9.82. The fourth-order valence-electron chi connectivity index (χ4n) is 2.11. The predicted octanol–water partition coefficient (Wildman–Crippen LogP) is 4.42. The minimum atomic E-state index is -0.409. The lowest BCUT2D eigenvalue weighted by Gasteiger charge is -2.16. The molecule has 0 radical (unpaired) electrons. The number of amides is 1. The van der Waals surface area contributed by atoms with Gasteiger partial charge >= 0.3 is 0 Å². The minimum absolute atomic E-state index is 0.126. The highest BCUT2D eigenvalue weighted by atomic mass is 79.9. The molecular formula is C15H17BrClN3O. The first kappa shape index (κ1) is 16.0. The van der Waals surface area contributed by atoms with E-state index in [2.05, 4.69) is 26.3 Å². The van der Waals surface area contributed by atoms with E-state index in [-0.39, 0.29) is 5.91 Å². The summed E-state index contributed by atoms with van der Waals surface area (Å²) in [6.07, 6.45) is 0. The fourth-order valence-corrected chi connectivity index (χ4v) is 2.55. The fraction of sp³-hybridized carbons (Fsp3) is 0.333. The summed E-state index contributed by atoms with van der Waals surface area (Å²) >= 11 is 9.54. The van der Waals surface area contributed by atoms with Crippen LogP contribution in [-0.2, 0) is 4.79 Å². The first-order valence-electron chi connectivity index (χ1n) is 6.60. The second-order valence-corrected chi connectivity index (χ2v) is 6.21. The van der Waals surface area contributed by atoms with Gasteiger partial charge in [0.15, 0.2) is 0 Å². The molecule has 0 aliphatic carbocycles. The van der Waals surface area contributed by atoms with E-state index in [0.717, 1.165) is 27.1 Å². The van der Waals surface area contributed by atoms with Crippen LogP contribution in [0.4, 0.5) is 5.69 Å². The lowest BCUT2D eigenvalue weighted by Crippen LogP contribution is -2.25. The highest BCUT2D eigenvalue weighted by Crippen LogP contribution is 2.26. The topological polar surface area (TPSA) is 46.9 Å². The number of aryl methyl sites for hydroxylation is 1. The summed E-state index contributed by atoms with van der Waals surface area (Å²) < 4.78 is 2.65. The molecule has 21 heavy (non-hydrogen) atoms. The van der Waals surface area contributed by atoms with Crippen LogP contribution in [-0.4, -0.2) is 15.7 Å². The van der Waals surface area contributed by atoms with Crippen LogP contribution in [0, 0.1) is 20.8 Å². The van der Waals surface area contributed by atoms with E-state index in [1.165, 1.54) is 0 Å². The molecule has 1 atom stereocenters. The molecule has 0 saturated carbocycles. The molecule has 1 aromatic carbocycles. The van der Waals surface area contributed by atoms with Crippen LogP contribution in [0.25, 0.3) is 0 Å². The van der Waals surface area contributed by atoms with Gasteiger partial charge in [0.2, 0.25) is 5.91 Å². The first-order valence-corrected chi connectivity index (χ1v) is 7.77. The van der Waals surface area contributed by atoms with Gasteiger partial charge in [0.1, 0.15) is 6.04 Å². The zero-order valence-electron chi connectivity index (χ0n) is 12.4. The predicted molar refractivity (Wildman–Crippen MR) is 88.9 cm³/mol. The molecule has 1 unspecified atom stereocenters. The molecule has 6 heteroatoms. The third-order valence-electron chi connectivity index (χ3n) is 3.51. The van der Waals surface area contributed by atoms with Crippen molar-refractivity contribution < 1.29 is 4.79 Å². The van der Waals surface area contributed by atoms with Gasteiger partial charge in [0, 0.05) is 10.7 Å². The number of hydrogen-bond acceptors (Lipinski definition) is 2. The Morgan fingerprint density at radius 1 is 1.38 bits per heavy atom. The van der Waals surface area contributed by atoms with Crippen molar-refractivity contribution in [1.29, 1.82) is 0 Å². The Bertz CT molecular complexity index is 696. The van der Waals surface area contributed by atoms with E-state index in [4.69, 9.17) is 11.6 Å². The van der Waals surface area contributed by atoms with Crippen molar-refractivity contribution in [2.45, 2.75) is 33.7 Å². The Kier molecular flexibility index (Phi) is 4.74. The van der Waals surface area contributed by atoms with Crippen molar-refractivity contribution in [3.63, 3.8) is 0 Å². The van der Waals surface area contributed by atoms with Gasteiger partial charge in [-0.05, 0) is 61.3 Å². The van der Waals surface area contributed by atoms with Crippen LogP contribution >= 0.6 is 27.5 Å². The number of aromatic nitrogens is 2.